The summed E-state index contributed by atoms with van der Waals surface area (Å²) in [6.45, 7) is 4.08. The Balaban J connectivity index is 2.20. The topological polar surface area (TPSA) is 72.2 Å². The van der Waals surface area contributed by atoms with Crippen LogP contribution < -0.4 is 5.56 Å². The smallest absolute Gasteiger partial charge is 0.305 e. The minimum Gasteiger partial charge on any atom is -0.481 e. The van der Waals surface area contributed by atoms with Crippen molar-refractivity contribution in [2.45, 2.75) is 33.2 Å². The molecule has 1 N–H and O–H groups in total. The first-order valence-electron chi connectivity index (χ1n) is 7.81. The van der Waals surface area contributed by atoms with Gasteiger partial charge in [-0.25, -0.2) is 4.98 Å². The number of nitrogens with zero attached hydrogens (tertiary/aromatic N) is 2. The number of aliphatic carboxylic acids is 1. The molecule has 0 radical (unpaired) electrons. The Kier molecular flexibility index (Phi) is 4.49. The van der Waals surface area contributed by atoms with Gasteiger partial charge in [0.2, 0.25) is 0 Å². The number of carboxylic acids is 1. The summed E-state index contributed by atoms with van der Waals surface area (Å²) in [5, 5.41) is 11.5. The van der Waals surface area contributed by atoms with E-state index in [1.807, 2.05) is 43.5 Å². The highest BCUT2D eigenvalue weighted by atomic mass is 32.1. The van der Waals surface area contributed by atoms with Gasteiger partial charge >= 0.3 is 5.97 Å². The molecule has 0 unspecified atom stereocenters. The van der Waals surface area contributed by atoms with Crippen LogP contribution in [0.1, 0.15) is 24.7 Å². The van der Waals surface area contributed by atoms with Gasteiger partial charge in [-0.3, -0.25) is 14.2 Å². The lowest BCUT2D eigenvalue weighted by Gasteiger charge is -2.10. The quantitative estimate of drug-likeness (QED) is 0.770. The van der Waals surface area contributed by atoms with E-state index in [1.54, 1.807) is 0 Å². The molecule has 0 spiro atoms. The van der Waals surface area contributed by atoms with Gasteiger partial charge in [-0.05, 0) is 12.5 Å². The Hall–Kier alpha value is -2.47. The fraction of sp³-hybridized carbons (Fsp3) is 0.278. The average molecular weight is 342 g/mol. The molecule has 2 heterocycles. The third-order valence-electron chi connectivity index (χ3n) is 4.00. The summed E-state index contributed by atoms with van der Waals surface area (Å²) < 4.78 is 1.50. The fourth-order valence-corrected chi connectivity index (χ4v) is 3.68. The molecule has 124 valence electrons. The Labute approximate surface area is 143 Å². The SMILES string of the molecule is CCc1nc2scc(-c3ccc(C)cc3)c2c(=O)n1CCC(=O)O. The Bertz CT molecular complexity index is 955. The molecule has 0 atom stereocenters. The Morgan fingerprint density at radius 1 is 1.29 bits per heavy atom. The van der Waals surface area contributed by atoms with Crippen LogP contribution in [-0.4, -0.2) is 20.6 Å². The van der Waals surface area contributed by atoms with E-state index in [4.69, 9.17) is 5.11 Å². The van der Waals surface area contributed by atoms with Crippen molar-refractivity contribution in [2.24, 2.45) is 0 Å². The largest absolute Gasteiger partial charge is 0.481 e. The van der Waals surface area contributed by atoms with Gasteiger partial charge in [0.1, 0.15) is 10.7 Å². The lowest BCUT2D eigenvalue weighted by atomic mass is 10.0. The third kappa shape index (κ3) is 2.97. The molecule has 3 rings (SSSR count). The molecule has 0 bridgehead atoms. The Morgan fingerprint density at radius 2 is 2.00 bits per heavy atom. The zero-order chi connectivity index (χ0) is 17.3. The van der Waals surface area contributed by atoms with Gasteiger partial charge in [0.15, 0.2) is 0 Å². The first kappa shape index (κ1) is 16.4. The molecule has 0 aliphatic heterocycles. The molecule has 0 saturated heterocycles. The summed E-state index contributed by atoms with van der Waals surface area (Å²) >= 11 is 1.45. The van der Waals surface area contributed by atoms with E-state index in [2.05, 4.69) is 4.98 Å². The summed E-state index contributed by atoms with van der Waals surface area (Å²) in [7, 11) is 0. The van der Waals surface area contributed by atoms with Crippen LogP contribution in [0.15, 0.2) is 34.4 Å². The number of aryl methyl sites for hydroxylation is 2. The van der Waals surface area contributed by atoms with E-state index >= 15 is 0 Å². The number of carbonyl (C=O) groups is 1. The second kappa shape index (κ2) is 6.57. The van der Waals surface area contributed by atoms with E-state index in [1.165, 1.54) is 15.9 Å². The molecule has 6 heteroatoms. The van der Waals surface area contributed by atoms with Crippen molar-refractivity contribution in [1.29, 1.82) is 0 Å². The minimum absolute atomic E-state index is 0.0932. The summed E-state index contributed by atoms with van der Waals surface area (Å²) in [6.07, 6.45) is 0.493. The zero-order valence-corrected chi connectivity index (χ0v) is 14.4. The van der Waals surface area contributed by atoms with Crippen LogP contribution in [0.5, 0.6) is 0 Å². The van der Waals surface area contributed by atoms with Crippen LogP contribution >= 0.6 is 11.3 Å². The molecule has 0 amide bonds. The summed E-state index contributed by atoms with van der Waals surface area (Å²) in [4.78, 5) is 29.2. The molecule has 1 aromatic carbocycles. The molecule has 24 heavy (non-hydrogen) atoms. The van der Waals surface area contributed by atoms with E-state index in [9.17, 15) is 9.59 Å². The molecule has 0 aliphatic carbocycles. The van der Waals surface area contributed by atoms with E-state index < -0.39 is 5.97 Å². The van der Waals surface area contributed by atoms with Gasteiger partial charge in [-0.1, -0.05) is 36.8 Å². The van der Waals surface area contributed by atoms with Crippen molar-refractivity contribution in [3.05, 3.63) is 51.4 Å². The first-order valence-corrected chi connectivity index (χ1v) is 8.69. The van der Waals surface area contributed by atoms with E-state index in [0.29, 0.717) is 22.5 Å². The lowest BCUT2D eigenvalue weighted by molar-refractivity contribution is -0.137. The van der Waals surface area contributed by atoms with Crippen molar-refractivity contribution in [2.75, 3.05) is 0 Å². The highest BCUT2D eigenvalue weighted by Crippen LogP contribution is 2.31. The van der Waals surface area contributed by atoms with Crippen molar-refractivity contribution in [1.82, 2.24) is 9.55 Å². The fourth-order valence-electron chi connectivity index (χ4n) is 2.72. The minimum atomic E-state index is -0.923. The second-order valence-electron chi connectivity index (χ2n) is 5.68. The van der Waals surface area contributed by atoms with Gasteiger partial charge in [-0.15, -0.1) is 11.3 Å². The summed E-state index contributed by atoms with van der Waals surface area (Å²) in [6, 6.07) is 8.00. The molecule has 2 aromatic heterocycles. The maximum Gasteiger partial charge on any atom is 0.305 e. The van der Waals surface area contributed by atoms with Crippen molar-refractivity contribution in [3.63, 3.8) is 0 Å². The number of aromatic nitrogens is 2. The predicted molar refractivity (Wildman–Crippen MR) is 95.7 cm³/mol. The molecule has 0 fully saturated rings. The summed E-state index contributed by atoms with van der Waals surface area (Å²) in [5.41, 5.74) is 2.83. The number of thiophene rings is 1. The highest BCUT2D eigenvalue weighted by Gasteiger charge is 2.16. The van der Waals surface area contributed by atoms with Crippen LogP contribution in [0.2, 0.25) is 0 Å². The molecule has 3 aromatic rings. The normalized spacial score (nSPS) is 11.1. The average Bonchev–Trinajstić information content (AvgIpc) is 2.98. The van der Waals surface area contributed by atoms with Gasteiger partial charge in [-0.2, -0.15) is 0 Å². The molecular weight excluding hydrogens is 324 g/mol. The van der Waals surface area contributed by atoms with Crippen molar-refractivity contribution >= 4 is 27.5 Å². The van der Waals surface area contributed by atoms with Gasteiger partial charge in [0, 0.05) is 23.9 Å². The van der Waals surface area contributed by atoms with Crippen LogP contribution in [0, 0.1) is 6.92 Å². The molecule has 5 nitrogen and oxygen atoms in total. The van der Waals surface area contributed by atoms with Gasteiger partial charge < -0.3 is 5.11 Å². The van der Waals surface area contributed by atoms with E-state index in [-0.39, 0.29) is 18.5 Å². The van der Waals surface area contributed by atoms with Gasteiger partial charge in [0.25, 0.3) is 5.56 Å². The maximum absolute atomic E-state index is 13.0. The predicted octanol–water partition coefficient (Wildman–Crippen LogP) is 3.47. The molecule has 0 aliphatic rings. The number of hydrogen-bond donors (Lipinski definition) is 1. The molecular formula is C18H18N2O3S. The maximum atomic E-state index is 13.0. The summed E-state index contributed by atoms with van der Waals surface area (Å²) in [5.74, 6) is -0.292. The number of rotatable bonds is 5. The second-order valence-corrected chi connectivity index (χ2v) is 6.54. The monoisotopic (exact) mass is 342 g/mol. The Morgan fingerprint density at radius 3 is 2.62 bits per heavy atom. The number of benzene rings is 1. The number of hydrogen-bond acceptors (Lipinski definition) is 4. The van der Waals surface area contributed by atoms with Gasteiger partial charge in [0.05, 0.1) is 11.8 Å². The van der Waals surface area contributed by atoms with Crippen LogP contribution in [0.4, 0.5) is 0 Å². The van der Waals surface area contributed by atoms with Crippen LogP contribution in [-0.2, 0) is 17.8 Å². The van der Waals surface area contributed by atoms with Crippen molar-refractivity contribution < 1.29 is 9.90 Å². The molecule has 0 saturated carbocycles. The van der Waals surface area contributed by atoms with E-state index in [0.717, 1.165) is 16.7 Å². The lowest BCUT2D eigenvalue weighted by Crippen LogP contribution is -2.26. The highest BCUT2D eigenvalue weighted by molar-refractivity contribution is 7.17. The zero-order valence-electron chi connectivity index (χ0n) is 13.6. The standard InChI is InChI=1S/C18H18N2O3S/c1-3-14-19-17-16(18(23)20(14)9-8-15(21)22)13(10-24-17)12-6-4-11(2)5-7-12/h4-7,10H,3,8-9H2,1-2H3,(H,21,22). The van der Waals surface area contributed by atoms with Crippen LogP contribution in [0.3, 0.4) is 0 Å². The van der Waals surface area contributed by atoms with Crippen LogP contribution in [0.25, 0.3) is 21.3 Å². The van der Waals surface area contributed by atoms with Crippen molar-refractivity contribution in [3.8, 4) is 11.1 Å². The third-order valence-corrected chi connectivity index (χ3v) is 4.87. The number of carboxylic acid groups (broad SMARTS) is 1. The first-order chi connectivity index (χ1) is 11.5. The number of fused-ring (bicyclic) bond motifs is 1.